The van der Waals surface area contributed by atoms with Crippen LogP contribution in [-0.2, 0) is 42.9 Å². The molecule has 1 rings (SSSR count). The Morgan fingerprint density at radius 3 is 1.14 bits per heavy atom. The van der Waals surface area contributed by atoms with E-state index in [1.165, 1.54) is 57.8 Å². The van der Waals surface area contributed by atoms with E-state index in [2.05, 4.69) is 154 Å². The topological polar surface area (TPSA) is 175 Å². The summed E-state index contributed by atoms with van der Waals surface area (Å²) in [6.07, 6.45) is 71.1. The van der Waals surface area contributed by atoms with Crippen molar-refractivity contribution < 1.29 is 58.2 Å². The van der Waals surface area contributed by atoms with Gasteiger partial charge in [0.2, 0.25) is 0 Å². The average molecular weight is 1190 g/mol. The maximum Gasteiger partial charge on any atom is 0.335 e. The van der Waals surface area contributed by atoms with Crippen LogP contribution in [0.3, 0.4) is 0 Å². The number of hydrogen-bond donors (Lipinski definition) is 3. The Bertz CT molecular complexity index is 1990. The minimum Gasteiger partial charge on any atom is -0.479 e. The number of ether oxygens (including phenoxy) is 5. The molecule has 85 heavy (non-hydrogen) atoms. The van der Waals surface area contributed by atoms with Crippen molar-refractivity contribution in [3.05, 3.63) is 134 Å². The predicted molar refractivity (Wildman–Crippen MR) is 349 cm³/mol. The molecule has 0 radical (unpaired) electrons. The third kappa shape index (κ3) is 48.6. The Kier molecular flexibility index (Phi) is 54.2. The first-order chi connectivity index (χ1) is 41.6. The monoisotopic (exact) mass is 1180 g/mol. The van der Waals surface area contributed by atoms with Gasteiger partial charge in [-0.2, -0.15) is 0 Å². The number of aliphatic carboxylic acids is 1. The highest BCUT2D eigenvalue weighted by Gasteiger charge is 2.50. The minimum absolute atomic E-state index is 0.0108. The van der Waals surface area contributed by atoms with Crippen molar-refractivity contribution in [1.29, 1.82) is 0 Å². The number of rotatable bonds is 55. The van der Waals surface area contributed by atoms with Crippen LogP contribution in [0.15, 0.2) is 134 Å². The van der Waals surface area contributed by atoms with Crippen LogP contribution in [0, 0.1) is 0 Å². The lowest BCUT2D eigenvalue weighted by Crippen LogP contribution is -2.61. The molecule has 0 aromatic carbocycles. The second kappa shape index (κ2) is 59.2. The van der Waals surface area contributed by atoms with E-state index in [0.29, 0.717) is 19.3 Å². The van der Waals surface area contributed by atoms with E-state index < -0.39 is 67.3 Å². The molecule has 1 aliphatic rings. The lowest BCUT2D eigenvalue weighted by molar-refractivity contribution is -0.301. The second-order valence-electron chi connectivity index (χ2n) is 22.0. The molecule has 3 N–H and O–H groups in total. The van der Waals surface area contributed by atoms with Gasteiger partial charge in [-0.3, -0.25) is 14.4 Å². The highest BCUT2D eigenvalue weighted by Crippen LogP contribution is 2.26. The van der Waals surface area contributed by atoms with Gasteiger partial charge in [-0.1, -0.05) is 231 Å². The molecule has 6 unspecified atom stereocenters. The Labute approximate surface area is 515 Å². The molecule has 0 aliphatic carbocycles. The number of carbonyl (C=O) groups is 4. The minimum atomic E-state index is -1.93. The highest BCUT2D eigenvalue weighted by atomic mass is 16.7. The summed E-state index contributed by atoms with van der Waals surface area (Å²) in [5, 5.41) is 31.6. The van der Waals surface area contributed by atoms with Crippen LogP contribution in [0.25, 0.3) is 0 Å². The fourth-order valence-corrected chi connectivity index (χ4v) is 9.18. The van der Waals surface area contributed by atoms with E-state index in [9.17, 15) is 34.5 Å². The Morgan fingerprint density at radius 1 is 0.400 bits per heavy atom. The molecular weight excluding hydrogens is 1070 g/mol. The Morgan fingerprint density at radius 2 is 0.741 bits per heavy atom. The van der Waals surface area contributed by atoms with E-state index in [4.69, 9.17) is 23.7 Å². The van der Waals surface area contributed by atoms with Gasteiger partial charge in [-0.25, -0.2) is 4.79 Å². The predicted octanol–water partition coefficient (Wildman–Crippen LogP) is 18.1. The normalized spacial score (nSPS) is 18.3. The van der Waals surface area contributed by atoms with Gasteiger partial charge in [0.15, 0.2) is 24.6 Å². The number of esters is 3. The van der Waals surface area contributed by atoms with Gasteiger partial charge < -0.3 is 39.0 Å². The summed E-state index contributed by atoms with van der Waals surface area (Å²) in [6, 6.07) is 0. The van der Waals surface area contributed by atoms with Gasteiger partial charge in [0.25, 0.3) is 0 Å². The standard InChI is InChI=1S/C73H116O12/c1-4-7-10-13-16-19-22-25-28-31-33-36-38-41-44-47-50-53-56-59-65(74)81-62-64(83-66(75)60-57-54-51-48-45-42-39-35-30-27-24-21-18-15-12-9-6-3)63-82-73-71(69(78)68(77)70(85-73)72(79)80)84-67(76)61-58-55-52-49-46-43-40-37-34-32-29-26-23-20-17-14-11-8-5-2/h8-9,11-12,16-21,25-30,34,37,39,42-43,46,64,68-71,73,77-78H,4-7,10,13-15,22-24,31-33,35-36,38,40-41,44-45,47-63H2,1-3H3,(H,79,80)/b11-8-,12-9-,19-16-,20-17-,21-18-,28-25-,29-26-,30-27-,37-34-,42-39-,46-43-. The number of hydrogen-bond acceptors (Lipinski definition) is 11. The molecule has 480 valence electrons. The number of carbonyl (C=O) groups excluding carboxylic acids is 3. The van der Waals surface area contributed by atoms with Gasteiger partial charge >= 0.3 is 23.9 Å². The molecule has 1 fully saturated rings. The van der Waals surface area contributed by atoms with Gasteiger partial charge in [0.05, 0.1) is 6.61 Å². The molecule has 0 amide bonds. The summed E-state index contributed by atoms with van der Waals surface area (Å²) in [5.41, 5.74) is 0. The summed E-state index contributed by atoms with van der Waals surface area (Å²) in [7, 11) is 0. The summed E-state index contributed by atoms with van der Waals surface area (Å²) in [4.78, 5) is 51.4. The first kappa shape index (κ1) is 77.9. The molecule has 6 atom stereocenters. The average Bonchev–Trinajstić information content (AvgIpc) is 2.79. The molecule has 12 nitrogen and oxygen atoms in total. The molecule has 0 bridgehead atoms. The first-order valence-electron chi connectivity index (χ1n) is 33.2. The van der Waals surface area contributed by atoms with Crippen LogP contribution >= 0.6 is 0 Å². The molecular formula is C73H116O12. The molecule has 0 spiro atoms. The first-order valence-corrected chi connectivity index (χ1v) is 33.2. The molecule has 0 saturated carbocycles. The molecule has 1 saturated heterocycles. The summed E-state index contributed by atoms with van der Waals surface area (Å²) >= 11 is 0. The van der Waals surface area contributed by atoms with Crippen LogP contribution in [0.4, 0.5) is 0 Å². The largest absolute Gasteiger partial charge is 0.479 e. The second-order valence-corrected chi connectivity index (χ2v) is 22.0. The van der Waals surface area contributed by atoms with Crippen LogP contribution in [-0.4, -0.2) is 89.2 Å². The zero-order chi connectivity index (χ0) is 61.7. The van der Waals surface area contributed by atoms with Gasteiger partial charge in [0.1, 0.15) is 18.8 Å². The fourth-order valence-electron chi connectivity index (χ4n) is 9.18. The number of allylic oxidation sites excluding steroid dienone is 22. The van der Waals surface area contributed by atoms with Crippen LogP contribution in [0.2, 0.25) is 0 Å². The number of aliphatic hydroxyl groups is 2. The molecule has 12 heteroatoms. The highest BCUT2D eigenvalue weighted by molar-refractivity contribution is 5.74. The van der Waals surface area contributed by atoms with Crippen molar-refractivity contribution in [1.82, 2.24) is 0 Å². The van der Waals surface area contributed by atoms with Crippen LogP contribution in [0.5, 0.6) is 0 Å². The fraction of sp³-hybridized carbons (Fsp3) is 0.644. The number of unbranched alkanes of at least 4 members (excludes halogenated alkanes) is 19. The van der Waals surface area contributed by atoms with Crippen LogP contribution in [0.1, 0.15) is 252 Å². The maximum atomic E-state index is 13.2. The SMILES string of the molecule is CC/C=C\C/C=C\C/C=C\C/C=C\C/C=C\CCCCCC(=O)OC1C(OCC(COC(=O)CCCCCCCCCCC/C=C\C/C=C\CCCCC)OC(=O)CCCCCC/C=C\C/C=C\C/C=C\C/C=C\CC)OC(C(=O)O)C(O)C1O. The Balaban J connectivity index is 2.70. The number of aliphatic hydroxyl groups excluding tert-OH is 2. The Hall–Kier alpha value is -5.14. The van der Waals surface area contributed by atoms with E-state index in [0.717, 1.165) is 135 Å². The van der Waals surface area contributed by atoms with Crippen LogP contribution < -0.4 is 0 Å². The smallest absolute Gasteiger partial charge is 0.335 e. The van der Waals surface area contributed by atoms with Crippen molar-refractivity contribution >= 4 is 23.9 Å². The van der Waals surface area contributed by atoms with E-state index in [1.807, 2.05) is 0 Å². The van der Waals surface area contributed by atoms with Crippen molar-refractivity contribution in [3.8, 4) is 0 Å². The molecule has 1 heterocycles. The molecule has 0 aromatic rings. The summed E-state index contributed by atoms with van der Waals surface area (Å²) in [5.74, 6) is -3.21. The van der Waals surface area contributed by atoms with Gasteiger partial charge in [0, 0.05) is 19.3 Å². The van der Waals surface area contributed by atoms with Crippen molar-refractivity contribution in [3.63, 3.8) is 0 Å². The summed E-state index contributed by atoms with van der Waals surface area (Å²) in [6.45, 7) is 5.72. The van der Waals surface area contributed by atoms with E-state index >= 15 is 0 Å². The molecule has 1 aliphatic heterocycles. The van der Waals surface area contributed by atoms with E-state index in [1.54, 1.807) is 0 Å². The molecule has 0 aromatic heterocycles. The third-order valence-electron chi connectivity index (χ3n) is 14.2. The van der Waals surface area contributed by atoms with Crippen molar-refractivity contribution in [2.75, 3.05) is 13.2 Å². The lowest BCUT2D eigenvalue weighted by Gasteiger charge is -2.40. The number of carboxylic acids is 1. The van der Waals surface area contributed by atoms with E-state index in [-0.39, 0.29) is 25.9 Å². The third-order valence-corrected chi connectivity index (χ3v) is 14.2. The summed E-state index contributed by atoms with van der Waals surface area (Å²) < 4.78 is 28.5. The number of carboxylic acid groups (broad SMARTS) is 1. The zero-order valence-corrected chi connectivity index (χ0v) is 53.1. The lowest BCUT2D eigenvalue weighted by atomic mass is 9.98. The zero-order valence-electron chi connectivity index (χ0n) is 53.1. The van der Waals surface area contributed by atoms with Crippen molar-refractivity contribution in [2.24, 2.45) is 0 Å². The van der Waals surface area contributed by atoms with Gasteiger partial charge in [-0.15, -0.1) is 0 Å². The van der Waals surface area contributed by atoms with Crippen molar-refractivity contribution in [2.45, 2.75) is 289 Å². The maximum absolute atomic E-state index is 13.2. The van der Waals surface area contributed by atoms with Gasteiger partial charge in [-0.05, 0) is 135 Å². The quantitative estimate of drug-likeness (QED) is 0.0228.